The van der Waals surface area contributed by atoms with Crippen molar-refractivity contribution in [2.24, 2.45) is 0 Å². The van der Waals surface area contributed by atoms with Crippen molar-refractivity contribution in [2.45, 2.75) is 4.90 Å². The highest BCUT2D eigenvalue weighted by atomic mass is 35.5. The molecule has 5 nitrogen and oxygen atoms in total. The number of sulfone groups is 1. The molecule has 0 radical (unpaired) electrons. The predicted molar refractivity (Wildman–Crippen MR) is 88.1 cm³/mol. The summed E-state index contributed by atoms with van der Waals surface area (Å²) in [6.07, 6.45) is 1.13. The number of hydrogen-bond donors (Lipinski definition) is 2. The summed E-state index contributed by atoms with van der Waals surface area (Å²) in [6, 6.07) is 13.2. The number of carbonyl (C=O) groups is 1. The summed E-state index contributed by atoms with van der Waals surface area (Å²) >= 11 is 5.77. The molecule has 0 saturated carbocycles. The molecule has 2 aromatic rings. The Hall–Kier alpha value is -2.05. The Morgan fingerprint density at radius 1 is 1.09 bits per heavy atom. The zero-order chi connectivity index (χ0) is 16.2. The van der Waals surface area contributed by atoms with Crippen LogP contribution in [0.5, 0.6) is 0 Å². The molecule has 0 aliphatic heterocycles. The van der Waals surface area contributed by atoms with Crippen molar-refractivity contribution < 1.29 is 13.2 Å². The van der Waals surface area contributed by atoms with Gasteiger partial charge < -0.3 is 10.6 Å². The second-order valence-corrected chi connectivity index (χ2v) is 7.10. The molecule has 0 fully saturated rings. The molecule has 0 atom stereocenters. The lowest BCUT2D eigenvalue weighted by Crippen LogP contribution is -2.22. The summed E-state index contributed by atoms with van der Waals surface area (Å²) in [7, 11) is -3.35. The molecule has 0 bridgehead atoms. The molecule has 0 spiro atoms. The fraction of sp³-hybridized carbons (Fsp3) is 0.133. The van der Waals surface area contributed by atoms with E-state index in [2.05, 4.69) is 10.6 Å². The Morgan fingerprint density at radius 3 is 2.36 bits per heavy atom. The number of hydrogen-bond acceptors (Lipinski definition) is 4. The monoisotopic (exact) mass is 338 g/mol. The van der Waals surface area contributed by atoms with Crippen LogP contribution in [0.25, 0.3) is 0 Å². The Bertz CT molecular complexity index is 774. The van der Waals surface area contributed by atoms with Gasteiger partial charge >= 0.3 is 0 Å². The van der Waals surface area contributed by atoms with Crippen LogP contribution in [0.3, 0.4) is 0 Å². The summed E-state index contributed by atoms with van der Waals surface area (Å²) in [5.41, 5.74) is 1.02. The molecular formula is C15H15ClN2O3S. The zero-order valence-electron chi connectivity index (χ0n) is 11.8. The van der Waals surface area contributed by atoms with Gasteiger partial charge in [-0.3, -0.25) is 4.79 Å². The molecule has 7 heteroatoms. The van der Waals surface area contributed by atoms with E-state index in [1.807, 2.05) is 0 Å². The molecule has 0 aliphatic carbocycles. The fourth-order valence-corrected chi connectivity index (χ4v) is 2.84. The predicted octanol–water partition coefficient (Wildman–Crippen LogP) is 2.79. The highest BCUT2D eigenvalue weighted by molar-refractivity contribution is 7.90. The number of halogens is 1. The van der Waals surface area contributed by atoms with Crippen LogP contribution in [-0.2, 0) is 14.6 Å². The van der Waals surface area contributed by atoms with Crippen molar-refractivity contribution >= 4 is 38.7 Å². The van der Waals surface area contributed by atoms with Crippen LogP contribution in [0.2, 0.25) is 5.02 Å². The first kappa shape index (κ1) is 16.3. The van der Waals surface area contributed by atoms with E-state index in [-0.39, 0.29) is 17.3 Å². The Labute approximate surface area is 134 Å². The van der Waals surface area contributed by atoms with E-state index in [0.29, 0.717) is 16.4 Å². The van der Waals surface area contributed by atoms with Crippen LogP contribution in [0.15, 0.2) is 53.4 Å². The number of nitrogens with one attached hydrogen (secondary N) is 2. The van der Waals surface area contributed by atoms with E-state index < -0.39 is 9.84 Å². The first-order chi connectivity index (χ1) is 10.4. The third kappa shape index (κ3) is 4.47. The number of rotatable bonds is 5. The fourth-order valence-electron chi connectivity index (χ4n) is 1.85. The molecule has 2 rings (SSSR count). The standard InChI is InChI=1S/C15H15ClN2O3S/c1-22(20,21)14-5-3-2-4-13(14)17-10-15(19)18-12-8-6-11(16)7-9-12/h2-9,17H,10H2,1H3,(H,18,19). The van der Waals surface area contributed by atoms with Crippen LogP contribution >= 0.6 is 11.6 Å². The van der Waals surface area contributed by atoms with Crippen LogP contribution in [0, 0.1) is 0 Å². The molecule has 0 aromatic heterocycles. The molecule has 0 saturated heterocycles. The van der Waals surface area contributed by atoms with Gasteiger partial charge in [-0.2, -0.15) is 0 Å². The minimum atomic E-state index is -3.35. The van der Waals surface area contributed by atoms with Gasteiger partial charge in [0.25, 0.3) is 0 Å². The van der Waals surface area contributed by atoms with Gasteiger partial charge in [-0.05, 0) is 36.4 Å². The van der Waals surface area contributed by atoms with Crippen molar-refractivity contribution in [2.75, 3.05) is 23.4 Å². The quantitative estimate of drug-likeness (QED) is 0.879. The smallest absolute Gasteiger partial charge is 0.243 e. The summed E-state index contributed by atoms with van der Waals surface area (Å²) in [5.74, 6) is -0.286. The first-order valence-corrected chi connectivity index (χ1v) is 8.71. The lowest BCUT2D eigenvalue weighted by atomic mass is 10.3. The molecule has 2 N–H and O–H groups in total. The van der Waals surface area contributed by atoms with Crippen molar-refractivity contribution in [3.05, 3.63) is 53.6 Å². The zero-order valence-corrected chi connectivity index (χ0v) is 13.4. The summed E-state index contributed by atoms with van der Waals surface area (Å²) in [6.45, 7) is -0.0465. The number of carbonyl (C=O) groups excluding carboxylic acids is 1. The van der Waals surface area contributed by atoms with Gasteiger partial charge in [0.1, 0.15) is 0 Å². The second kappa shape index (κ2) is 6.81. The molecule has 2 aromatic carbocycles. The van der Waals surface area contributed by atoms with Crippen molar-refractivity contribution in [3.63, 3.8) is 0 Å². The molecule has 0 heterocycles. The molecular weight excluding hydrogens is 324 g/mol. The lowest BCUT2D eigenvalue weighted by molar-refractivity contribution is -0.114. The number of amides is 1. The molecule has 22 heavy (non-hydrogen) atoms. The van der Waals surface area contributed by atoms with Gasteiger partial charge in [0.2, 0.25) is 5.91 Å². The lowest BCUT2D eigenvalue weighted by Gasteiger charge is -2.11. The van der Waals surface area contributed by atoms with E-state index in [9.17, 15) is 13.2 Å². The molecule has 0 aliphatic rings. The normalized spacial score (nSPS) is 11.0. The number of para-hydroxylation sites is 1. The molecule has 1 amide bonds. The molecule has 116 valence electrons. The summed E-state index contributed by atoms with van der Waals surface area (Å²) < 4.78 is 23.3. The van der Waals surface area contributed by atoms with Gasteiger partial charge in [-0.15, -0.1) is 0 Å². The average Bonchev–Trinajstić information content (AvgIpc) is 2.47. The van der Waals surface area contributed by atoms with Gasteiger partial charge in [0.05, 0.1) is 17.1 Å². The summed E-state index contributed by atoms with van der Waals surface area (Å²) in [4.78, 5) is 12.0. The largest absolute Gasteiger partial charge is 0.375 e. The van der Waals surface area contributed by atoms with E-state index in [1.54, 1.807) is 42.5 Å². The SMILES string of the molecule is CS(=O)(=O)c1ccccc1NCC(=O)Nc1ccc(Cl)cc1. The third-order valence-corrected chi connectivity index (χ3v) is 4.26. The van der Waals surface area contributed by atoms with E-state index in [0.717, 1.165) is 6.26 Å². The second-order valence-electron chi connectivity index (χ2n) is 4.68. The van der Waals surface area contributed by atoms with Crippen molar-refractivity contribution in [3.8, 4) is 0 Å². The number of benzene rings is 2. The van der Waals surface area contributed by atoms with Crippen LogP contribution < -0.4 is 10.6 Å². The van der Waals surface area contributed by atoms with Gasteiger partial charge in [0.15, 0.2) is 9.84 Å². The van der Waals surface area contributed by atoms with E-state index in [1.165, 1.54) is 6.07 Å². The van der Waals surface area contributed by atoms with Gasteiger partial charge in [0, 0.05) is 17.0 Å². The van der Waals surface area contributed by atoms with Crippen molar-refractivity contribution in [1.29, 1.82) is 0 Å². The summed E-state index contributed by atoms with van der Waals surface area (Å²) in [5, 5.41) is 6.10. The minimum Gasteiger partial charge on any atom is -0.375 e. The number of anilines is 2. The van der Waals surface area contributed by atoms with Gasteiger partial charge in [-0.1, -0.05) is 23.7 Å². The van der Waals surface area contributed by atoms with Crippen LogP contribution in [-0.4, -0.2) is 27.1 Å². The van der Waals surface area contributed by atoms with E-state index in [4.69, 9.17) is 11.6 Å². The first-order valence-electron chi connectivity index (χ1n) is 6.44. The van der Waals surface area contributed by atoms with E-state index >= 15 is 0 Å². The Kier molecular flexibility index (Phi) is 5.05. The maximum Gasteiger partial charge on any atom is 0.243 e. The average molecular weight is 339 g/mol. The van der Waals surface area contributed by atoms with Crippen LogP contribution in [0.4, 0.5) is 11.4 Å². The molecule has 0 unspecified atom stereocenters. The maximum atomic E-state index is 11.9. The van der Waals surface area contributed by atoms with Crippen molar-refractivity contribution in [1.82, 2.24) is 0 Å². The van der Waals surface area contributed by atoms with Crippen LogP contribution in [0.1, 0.15) is 0 Å². The minimum absolute atomic E-state index is 0.0465. The Morgan fingerprint density at radius 2 is 1.73 bits per heavy atom. The highest BCUT2D eigenvalue weighted by Crippen LogP contribution is 2.20. The maximum absolute atomic E-state index is 11.9. The third-order valence-electron chi connectivity index (χ3n) is 2.85. The van der Waals surface area contributed by atoms with Gasteiger partial charge in [-0.25, -0.2) is 8.42 Å². The highest BCUT2D eigenvalue weighted by Gasteiger charge is 2.13. The Balaban J connectivity index is 2.01. The topological polar surface area (TPSA) is 75.3 Å².